The van der Waals surface area contributed by atoms with E-state index in [0.717, 1.165) is 32.1 Å². The molecule has 7 heteroatoms. The highest BCUT2D eigenvalue weighted by Gasteiger charge is 2.18. The zero-order chi connectivity index (χ0) is 14.7. The lowest BCUT2D eigenvalue weighted by Crippen LogP contribution is -2.40. The summed E-state index contributed by atoms with van der Waals surface area (Å²) in [6.07, 6.45) is 4.66. The number of nitrogens with zero attached hydrogens (tertiary/aromatic N) is 2. The van der Waals surface area contributed by atoms with Crippen molar-refractivity contribution >= 4 is 5.97 Å². The van der Waals surface area contributed by atoms with Gasteiger partial charge in [-0.1, -0.05) is 6.42 Å². The van der Waals surface area contributed by atoms with Crippen LogP contribution in [-0.2, 0) is 0 Å². The van der Waals surface area contributed by atoms with Gasteiger partial charge >= 0.3 is 11.7 Å². The third-order valence-corrected chi connectivity index (χ3v) is 3.64. The number of aromatic nitrogens is 2. The number of carboxylic acids is 1. The van der Waals surface area contributed by atoms with Gasteiger partial charge in [-0.2, -0.15) is 0 Å². The van der Waals surface area contributed by atoms with E-state index < -0.39 is 22.8 Å². The second-order valence-electron chi connectivity index (χ2n) is 5.22. The number of rotatable bonds is 4. The average Bonchev–Trinajstić information content (AvgIpc) is 2.39. The first-order valence-corrected chi connectivity index (χ1v) is 6.80. The Bertz CT molecular complexity index is 598. The van der Waals surface area contributed by atoms with E-state index in [9.17, 15) is 14.4 Å². The molecule has 1 atom stereocenters. The van der Waals surface area contributed by atoms with Gasteiger partial charge in [0.15, 0.2) is 0 Å². The number of nitrogens with one attached hydrogen (secondary N) is 1. The van der Waals surface area contributed by atoms with Gasteiger partial charge in [-0.05, 0) is 32.9 Å². The summed E-state index contributed by atoms with van der Waals surface area (Å²) in [5.41, 5.74) is -1.83. The summed E-state index contributed by atoms with van der Waals surface area (Å²) in [4.78, 5) is 38.4. The monoisotopic (exact) mass is 281 g/mol. The fourth-order valence-corrected chi connectivity index (χ4v) is 2.57. The van der Waals surface area contributed by atoms with E-state index in [4.69, 9.17) is 5.11 Å². The van der Waals surface area contributed by atoms with Gasteiger partial charge in [0, 0.05) is 18.8 Å². The lowest BCUT2D eigenvalue weighted by Gasteiger charge is -2.29. The maximum atomic E-state index is 11.8. The van der Waals surface area contributed by atoms with Gasteiger partial charge < -0.3 is 10.0 Å². The van der Waals surface area contributed by atoms with E-state index >= 15 is 0 Å². The highest BCUT2D eigenvalue weighted by atomic mass is 16.4. The summed E-state index contributed by atoms with van der Waals surface area (Å²) in [7, 11) is 0. The number of likely N-dealkylation sites (tertiary alicyclic amines) is 1. The van der Waals surface area contributed by atoms with Gasteiger partial charge in [0.1, 0.15) is 5.56 Å². The quantitative estimate of drug-likeness (QED) is 0.826. The second-order valence-corrected chi connectivity index (χ2v) is 5.22. The molecule has 1 aromatic heterocycles. The van der Waals surface area contributed by atoms with Gasteiger partial charge in [0.05, 0.1) is 0 Å². The molecule has 1 fully saturated rings. The lowest BCUT2D eigenvalue weighted by molar-refractivity contribution is 0.0693. The highest BCUT2D eigenvalue weighted by molar-refractivity contribution is 5.86. The first kappa shape index (κ1) is 14.5. The van der Waals surface area contributed by atoms with Crippen LogP contribution in [-0.4, -0.2) is 45.2 Å². The van der Waals surface area contributed by atoms with Crippen LogP contribution >= 0.6 is 0 Å². The molecule has 0 amide bonds. The molecule has 0 aliphatic carbocycles. The van der Waals surface area contributed by atoms with E-state index in [1.165, 1.54) is 11.0 Å². The molecule has 1 saturated heterocycles. The third kappa shape index (κ3) is 3.16. The Hall–Kier alpha value is -1.89. The number of carbonyl (C=O) groups is 1. The Kier molecular flexibility index (Phi) is 4.39. The van der Waals surface area contributed by atoms with E-state index in [2.05, 4.69) is 9.88 Å². The number of aromatic carboxylic acids is 1. The van der Waals surface area contributed by atoms with E-state index in [-0.39, 0.29) is 6.04 Å². The third-order valence-electron chi connectivity index (χ3n) is 3.64. The molecule has 20 heavy (non-hydrogen) atoms. The molecule has 2 N–H and O–H groups in total. The minimum Gasteiger partial charge on any atom is -0.477 e. The first-order chi connectivity index (χ1) is 9.49. The summed E-state index contributed by atoms with van der Waals surface area (Å²) >= 11 is 0. The van der Waals surface area contributed by atoms with Crippen LogP contribution in [0.4, 0.5) is 0 Å². The Morgan fingerprint density at radius 3 is 2.60 bits per heavy atom. The van der Waals surface area contributed by atoms with Crippen LogP contribution in [0.1, 0.15) is 42.6 Å². The van der Waals surface area contributed by atoms with Crippen molar-refractivity contribution in [1.82, 2.24) is 14.5 Å². The van der Waals surface area contributed by atoms with Crippen molar-refractivity contribution < 1.29 is 9.90 Å². The number of aromatic amines is 1. The molecule has 0 spiro atoms. The number of H-pyrrole nitrogens is 1. The Morgan fingerprint density at radius 2 is 2.00 bits per heavy atom. The molecule has 7 nitrogen and oxygen atoms in total. The molecule has 1 aliphatic rings. The Balaban J connectivity index is 2.22. The molecule has 1 aromatic rings. The minimum atomic E-state index is -1.33. The fourth-order valence-electron chi connectivity index (χ4n) is 2.57. The van der Waals surface area contributed by atoms with Crippen molar-refractivity contribution in [3.05, 3.63) is 32.6 Å². The van der Waals surface area contributed by atoms with Crippen molar-refractivity contribution in [1.29, 1.82) is 0 Å². The van der Waals surface area contributed by atoms with Crippen molar-refractivity contribution in [2.75, 3.05) is 19.6 Å². The van der Waals surface area contributed by atoms with Crippen LogP contribution in [0, 0.1) is 0 Å². The van der Waals surface area contributed by atoms with Gasteiger partial charge in [-0.3, -0.25) is 14.3 Å². The molecule has 110 valence electrons. The van der Waals surface area contributed by atoms with Crippen LogP contribution in [0.15, 0.2) is 15.8 Å². The molecule has 2 heterocycles. The SMILES string of the molecule is CC(CN1CCCCC1)n1cc(C(=O)O)c(=O)[nH]c1=O. The van der Waals surface area contributed by atoms with Crippen LogP contribution in [0.3, 0.4) is 0 Å². The topological polar surface area (TPSA) is 95.4 Å². The van der Waals surface area contributed by atoms with Crippen LogP contribution in [0.2, 0.25) is 0 Å². The number of hydrogen-bond acceptors (Lipinski definition) is 4. The van der Waals surface area contributed by atoms with Crippen molar-refractivity contribution in [2.24, 2.45) is 0 Å². The normalized spacial score (nSPS) is 17.9. The van der Waals surface area contributed by atoms with E-state index in [1.54, 1.807) is 0 Å². The zero-order valence-electron chi connectivity index (χ0n) is 11.5. The first-order valence-electron chi connectivity index (χ1n) is 6.80. The maximum absolute atomic E-state index is 11.8. The predicted octanol–water partition coefficient (Wildman–Crippen LogP) is 0.282. The summed E-state index contributed by atoms with van der Waals surface area (Å²) < 4.78 is 1.29. The summed E-state index contributed by atoms with van der Waals surface area (Å²) in [5.74, 6) is -1.33. The van der Waals surface area contributed by atoms with Crippen LogP contribution in [0.5, 0.6) is 0 Å². The smallest absolute Gasteiger partial charge is 0.342 e. The van der Waals surface area contributed by atoms with Crippen molar-refractivity contribution in [2.45, 2.75) is 32.2 Å². The van der Waals surface area contributed by atoms with Crippen LogP contribution in [0.25, 0.3) is 0 Å². The molecular weight excluding hydrogens is 262 g/mol. The molecule has 0 bridgehead atoms. The largest absolute Gasteiger partial charge is 0.477 e. The molecule has 0 radical (unpaired) electrons. The Morgan fingerprint density at radius 1 is 1.35 bits per heavy atom. The average molecular weight is 281 g/mol. The van der Waals surface area contributed by atoms with Crippen LogP contribution < -0.4 is 11.2 Å². The van der Waals surface area contributed by atoms with Gasteiger partial charge in [-0.15, -0.1) is 0 Å². The van der Waals surface area contributed by atoms with Gasteiger partial charge in [0.2, 0.25) is 0 Å². The molecule has 1 aliphatic heterocycles. The summed E-state index contributed by atoms with van der Waals surface area (Å²) in [5, 5.41) is 8.94. The van der Waals surface area contributed by atoms with Crippen molar-refractivity contribution in [3.8, 4) is 0 Å². The van der Waals surface area contributed by atoms with E-state index in [0.29, 0.717) is 6.54 Å². The predicted molar refractivity (Wildman–Crippen MR) is 73.3 cm³/mol. The molecule has 2 rings (SSSR count). The maximum Gasteiger partial charge on any atom is 0.342 e. The zero-order valence-corrected chi connectivity index (χ0v) is 11.5. The number of carboxylic acid groups (broad SMARTS) is 1. The summed E-state index contributed by atoms with van der Waals surface area (Å²) in [6, 6.07) is -0.185. The number of piperidine rings is 1. The standard InChI is InChI=1S/C13H19N3O4/c1-9(7-15-5-3-2-4-6-15)16-8-10(12(18)19)11(17)14-13(16)20/h8-9H,2-7H2,1H3,(H,18,19)(H,14,17,20). The highest BCUT2D eigenvalue weighted by Crippen LogP contribution is 2.12. The second kappa shape index (κ2) is 6.04. The minimum absolute atomic E-state index is 0.185. The van der Waals surface area contributed by atoms with Gasteiger partial charge in [0.25, 0.3) is 5.56 Å². The van der Waals surface area contributed by atoms with Crippen molar-refractivity contribution in [3.63, 3.8) is 0 Å². The summed E-state index contributed by atoms with van der Waals surface area (Å²) in [6.45, 7) is 4.51. The Labute approximate surface area is 115 Å². The molecule has 1 unspecified atom stereocenters. The van der Waals surface area contributed by atoms with Gasteiger partial charge in [-0.25, -0.2) is 9.59 Å². The molecule has 0 saturated carbocycles. The molecular formula is C13H19N3O4. The number of hydrogen-bond donors (Lipinski definition) is 2. The fraction of sp³-hybridized carbons (Fsp3) is 0.615. The molecule has 0 aromatic carbocycles. The van der Waals surface area contributed by atoms with E-state index in [1.807, 2.05) is 6.92 Å². The lowest BCUT2D eigenvalue weighted by atomic mass is 10.1.